The molecular formula is C24H28N4O3. The summed E-state index contributed by atoms with van der Waals surface area (Å²) in [5, 5.41) is 14.7. The van der Waals surface area contributed by atoms with Gasteiger partial charge in [0.1, 0.15) is 0 Å². The van der Waals surface area contributed by atoms with E-state index in [1.165, 1.54) is 0 Å². The predicted octanol–water partition coefficient (Wildman–Crippen LogP) is 2.95. The molecule has 31 heavy (non-hydrogen) atoms. The Labute approximate surface area is 181 Å². The first-order chi connectivity index (χ1) is 15.1. The Bertz CT molecular complexity index is 1150. The number of fused-ring (bicyclic) bond motifs is 2. The van der Waals surface area contributed by atoms with E-state index in [4.69, 9.17) is 4.74 Å². The molecule has 0 radical (unpaired) electrons. The first-order valence-corrected chi connectivity index (χ1v) is 10.9. The van der Waals surface area contributed by atoms with Crippen molar-refractivity contribution < 1.29 is 14.6 Å². The zero-order valence-electron chi connectivity index (χ0n) is 17.8. The molecule has 4 N–H and O–H groups in total. The molecule has 7 heteroatoms. The maximum absolute atomic E-state index is 13.1. The van der Waals surface area contributed by atoms with Crippen molar-refractivity contribution in [2.75, 3.05) is 39.4 Å². The first kappa shape index (κ1) is 19.9. The molecule has 1 aromatic carbocycles. The Morgan fingerprint density at radius 3 is 2.87 bits per heavy atom. The monoisotopic (exact) mass is 420 g/mol. The number of aromatic amines is 2. The van der Waals surface area contributed by atoms with Gasteiger partial charge in [-0.1, -0.05) is 24.3 Å². The molecule has 2 aliphatic rings. The SMILES string of the molecule is Cc1[nH]c2c(c1C(=O)NCCN1CCOCC1)CCC=C2c1c(O)[nH]c2ccccc12. The minimum Gasteiger partial charge on any atom is -0.494 e. The number of carbonyl (C=O) groups is 1. The number of aromatic hydroxyl groups is 1. The van der Waals surface area contributed by atoms with Gasteiger partial charge in [-0.3, -0.25) is 9.69 Å². The Morgan fingerprint density at radius 2 is 2.03 bits per heavy atom. The fourth-order valence-corrected chi connectivity index (χ4v) is 4.80. The van der Waals surface area contributed by atoms with E-state index >= 15 is 0 Å². The molecule has 5 rings (SSSR count). The van der Waals surface area contributed by atoms with Gasteiger partial charge in [0.05, 0.1) is 30.0 Å². The molecule has 1 amide bonds. The summed E-state index contributed by atoms with van der Waals surface area (Å²) in [7, 11) is 0. The molecule has 162 valence electrons. The lowest BCUT2D eigenvalue weighted by Gasteiger charge is -2.26. The largest absolute Gasteiger partial charge is 0.494 e. The highest BCUT2D eigenvalue weighted by Crippen LogP contribution is 2.41. The molecule has 3 heterocycles. The summed E-state index contributed by atoms with van der Waals surface area (Å²) >= 11 is 0. The zero-order valence-corrected chi connectivity index (χ0v) is 17.8. The Morgan fingerprint density at radius 1 is 1.23 bits per heavy atom. The molecule has 7 nitrogen and oxygen atoms in total. The third-order valence-electron chi connectivity index (χ3n) is 6.30. The lowest BCUT2D eigenvalue weighted by Crippen LogP contribution is -2.41. The number of hydrogen-bond donors (Lipinski definition) is 4. The quantitative estimate of drug-likeness (QED) is 0.511. The van der Waals surface area contributed by atoms with Gasteiger partial charge in [0.15, 0.2) is 5.88 Å². The number of amides is 1. The van der Waals surface area contributed by atoms with Crippen LogP contribution in [0.3, 0.4) is 0 Å². The van der Waals surface area contributed by atoms with Crippen molar-refractivity contribution in [3.05, 3.63) is 58.4 Å². The third-order valence-corrected chi connectivity index (χ3v) is 6.30. The third kappa shape index (κ3) is 3.64. The molecule has 2 aromatic heterocycles. The second-order valence-electron chi connectivity index (χ2n) is 8.24. The van der Waals surface area contributed by atoms with Crippen LogP contribution in [0, 0.1) is 6.92 Å². The molecule has 0 atom stereocenters. The maximum atomic E-state index is 13.1. The standard InChI is InChI=1S/C24H28N4O3/c1-15-20(23(29)25-9-10-28-11-13-31-14-12-28)17-6-4-7-18(22(17)26-15)21-16-5-2-3-8-19(16)27-24(21)30/h2-3,5,7-8,26-27,30H,4,6,9-14H2,1H3,(H,25,29). The number of carbonyl (C=O) groups excluding carboxylic acids is 1. The van der Waals surface area contributed by atoms with Gasteiger partial charge in [-0.25, -0.2) is 0 Å². The molecule has 1 saturated heterocycles. The van der Waals surface area contributed by atoms with Gasteiger partial charge < -0.3 is 25.1 Å². The summed E-state index contributed by atoms with van der Waals surface area (Å²) in [6.45, 7) is 6.73. The Kier molecular flexibility index (Phi) is 5.29. The number of aryl methyl sites for hydroxylation is 1. The van der Waals surface area contributed by atoms with Crippen LogP contribution in [-0.4, -0.2) is 65.3 Å². The van der Waals surface area contributed by atoms with Gasteiger partial charge in [-0.2, -0.15) is 0 Å². The molecule has 1 aliphatic heterocycles. The lowest BCUT2D eigenvalue weighted by atomic mass is 9.89. The first-order valence-electron chi connectivity index (χ1n) is 10.9. The van der Waals surface area contributed by atoms with Crippen molar-refractivity contribution in [3.63, 3.8) is 0 Å². The molecule has 0 unspecified atom stereocenters. The van der Waals surface area contributed by atoms with Crippen LogP contribution >= 0.6 is 0 Å². The second-order valence-corrected chi connectivity index (χ2v) is 8.24. The van der Waals surface area contributed by atoms with Crippen molar-refractivity contribution in [2.45, 2.75) is 19.8 Å². The van der Waals surface area contributed by atoms with E-state index in [-0.39, 0.29) is 11.8 Å². The number of para-hydroxylation sites is 1. The average Bonchev–Trinajstić information content (AvgIpc) is 3.29. The summed E-state index contributed by atoms with van der Waals surface area (Å²) in [4.78, 5) is 21.9. The van der Waals surface area contributed by atoms with Gasteiger partial charge in [-0.15, -0.1) is 0 Å². The van der Waals surface area contributed by atoms with Crippen LogP contribution in [0.1, 0.15) is 39.3 Å². The number of morpholine rings is 1. The molecule has 1 aliphatic carbocycles. The maximum Gasteiger partial charge on any atom is 0.253 e. The van der Waals surface area contributed by atoms with Crippen molar-refractivity contribution >= 4 is 22.4 Å². The fraction of sp³-hybridized carbons (Fsp3) is 0.375. The number of benzene rings is 1. The summed E-state index contributed by atoms with van der Waals surface area (Å²) in [5.74, 6) is 0.122. The van der Waals surface area contributed by atoms with Crippen LogP contribution in [0.4, 0.5) is 0 Å². The van der Waals surface area contributed by atoms with Crippen LogP contribution in [0.25, 0.3) is 16.5 Å². The number of H-pyrrole nitrogens is 2. The number of hydrogen-bond acceptors (Lipinski definition) is 4. The van der Waals surface area contributed by atoms with Crippen LogP contribution in [0.2, 0.25) is 0 Å². The van der Waals surface area contributed by atoms with Crippen LogP contribution < -0.4 is 5.32 Å². The normalized spacial score (nSPS) is 16.9. The molecule has 0 spiro atoms. The van der Waals surface area contributed by atoms with Gasteiger partial charge in [0.25, 0.3) is 5.91 Å². The molecule has 1 fully saturated rings. The van der Waals surface area contributed by atoms with Crippen LogP contribution in [-0.2, 0) is 11.2 Å². The van der Waals surface area contributed by atoms with Crippen LogP contribution in [0.15, 0.2) is 30.3 Å². The van der Waals surface area contributed by atoms with Gasteiger partial charge in [-0.05, 0) is 31.4 Å². The van der Waals surface area contributed by atoms with Crippen molar-refractivity contribution in [3.8, 4) is 5.88 Å². The number of rotatable bonds is 5. The topological polar surface area (TPSA) is 93.4 Å². The minimum atomic E-state index is -0.0346. The fourth-order valence-electron chi connectivity index (χ4n) is 4.80. The van der Waals surface area contributed by atoms with Crippen molar-refractivity contribution in [1.29, 1.82) is 0 Å². The lowest BCUT2D eigenvalue weighted by molar-refractivity contribution is 0.0383. The van der Waals surface area contributed by atoms with E-state index in [0.717, 1.165) is 90.2 Å². The van der Waals surface area contributed by atoms with Crippen molar-refractivity contribution in [2.24, 2.45) is 0 Å². The molecular weight excluding hydrogens is 392 g/mol. The number of nitrogens with one attached hydrogen (secondary N) is 3. The Hall–Kier alpha value is -3.03. The van der Waals surface area contributed by atoms with E-state index in [0.29, 0.717) is 6.54 Å². The number of allylic oxidation sites excluding steroid dienone is 1. The van der Waals surface area contributed by atoms with E-state index in [2.05, 4.69) is 26.3 Å². The Balaban J connectivity index is 1.40. The highest BCUT2D eigenvalue weighted by molar-refractivity contribution is 6.03. The van der Waals surface area contributed by atoms with E-state index < -0.39 is 0 Å². The number of aromatic nitrogens is 2. The zero-order chi connectivity index (χ0) is 21.4. The summed E-state index contributed by atoms with van der Waals surface area (Å²) in [6.07, 6.45) is 3.78. The highest BCUT2D eigenvalue weighted by atomic mass is 16.5. The summed E-state index contributed by atoms with van der Waals surface area (Å²) < 4.78 is 5.38. The smallest absolute Gasteiger partial charge is 0.253 e. The van der Waals surface area contributed by atoms with Gasteiger partial charge >= 0.3 is 0 Å². The van der Waals surface area contributed by atoms with E-state index in [1.54, 1.807) is 0 Å². The molecule has 0 bridgehead atoms. The predicted molar refractivity (Wildman–Crippen MR) is 120 cm³/mol. The number of ether oxygens (including phenoxy) is 1. The van der Waals surface area contributed by atoms with E-state index in [1.807, 2.05) is 31.2 Å². The minimum absolute atomic E-state index is 0.0346. The highest BCUT2D eigenvalue weighted by Gasteiger charge is 2.28. The number of nitrogens with zero attached hydrogens (tertiary/aromatic N) is 1. The molecule has 0 saturated carbocycles. The van der Waals surface area contributed by atoms with Crippen molar-refractivity contribution in [1.82, 2.24) is 20.2 Å². The average molecular weight is 421 g/mol. The summed E-state index contributed by atoms with van der Waals surface area (Å²) in [5.41, 5.74) is 6.20. The van der Waals surface area contributed by atoms with Gasteiger partial charge in [0, 0.05) is 48.3 Å². The van der Waals surface area contributed by atoms with E-state index in [9.17, 15) is 9.90 Å². The summed E-state index contributed by atoms with van der Waals surface area (Å²) in [6, 6.07) is 7.87. The molecule has 3 aromatic rings. The van der Waals surface area contributed by atoms with Crippen LogP contribution in [0.5, 0.6) is 5.88 Å². The second kappa shape index (κ2) is 8.24. The van der Waals surface area contributed by atoms with Gasteiger partial charge in [0.2, 0.25) is 0 Å².